The Morgan fingerprint density at radius 3 is 2.60 bits per heavy atom. The van der Waals surface area contributed by atoms with Gasteiger partial charge in [0.05, 0.1) is 5.75 Å². The van der Waals surface area contributed by atoms with Crippen LogP contribution in [-0.4, -0.2) is 49.5 Å². The van der Waals surface area contributed by atoms with E-state index in [2.05, 4.69) is 10.0 Å². The first kappa shape index (κ1) is 17.9. The molecule has 0 aromatic heterocycles. The van der Waals surface area contributed by atoms with Crippen molar-refractivity contribution in [2.24, 2.45) is 0 Å². The molecule has 0 spiro atoms. The lowest BCUT2D eigenvalue weighted by atomic mass is 10.1. The molecule has 2 amide bonds. The van der Waals surface area contributed by atoms with E-state index in [-0.39, 0.29) is 36.2 Å². The van der Waals surface area contributed by atoms with E-state index in [1.165, 1.54) is 0 Å². The lowest BCUT2D eigenvalue weighted by molar-refractivity contribution is -0.121. The second kappa shape index (κ2) is 7.13. The number of nitrogens with one attached hydrogen (secondary N) is 2. The third-order valence-corrected chi connectivity index (χ3v) is 6.23. The molecular formula is C17H23N3O4S. The number of amides is 2. The van der Waals surface area contributed by atoms with E-state index >= 15 is 0 Å². The molecule has 0 saturated carbocycles. The zero-order valence-electron chi connectivity index (χ0n) is 14.2. The van der Waals surface area contributed by atoms with Crippen LogP contribution in [0.15, 0.2) is 24.3 Å². The van der Waals surface area contributed by atoms with Crippen molar-refractivity contribution in [2.45, 2.75) is 44.8 Å². The second-order valence-corrected chi connectivity index (χ2v) is 8.62. The Hall–Kier alpha value is -1.93. The molecule has 2 atom stereocenters. The van der Waals surface area contributed by atoms with Crippen molar-refractivity contribution in [1.82, 2.24) is 14.9 Å². The second-order valence-electron chi connectivity index (χ2n) is 6.53. The molecule has 2 aliphatic rings. The minimum atomic E-state index is -3.24. The summed E-state index contributed by atoms with van der Waals surface area (Å²) in [5.41, 5.74) is 1.36. The molecule has 0 aliphatic carbocycles. The average Bonchev–Trinajstić information content (AvgIpc) is 2.91. The molecule has 1 aromatic rings. The molecule has 0 radical (unpaired) electrons. The maximum absolute atomic E-state index is 12.9. The number of rotatable bonds is 5. The normalized spacial score (nSPS) is 23.2. The summed E-state index contributed by atoms with van der Waals surface area (Å²) in [4.78, 5) is 26.4. The van der Waals surface area contributed by atoms with Crippen LogP contribution in [-0.2, 0) is 21.4 Å². The van der Waals surface area contributed by atoms with Gasteiger partial charge < -0.3 is 10.2 Å². The molecule has 7 nitrogen and oxygen atoms in total. The number of fused-ring (bicyclic) bond motifs is 2. The first-order chi connectivity index (χ1) is 11.9. The summed E-state index contributed by atoms with van der Waals surface area (Å²) in [6, 6.07) is 6.98. The Kier molecular flexibility index (Phi) is 5.10. The van der Waals surface area contributed by atoms with E-state index in [1.54, 1.807) is 31.2 Å². The van der Waals surface area contributed by atoms with Crippen LogP contribution >= 0.6 is 0 Å². The van der Waals surface area contributed by atoms with Gasteiger partial charge in [0.2, 0.25) is 15.9 Å². The van der Waals surface area contributed by atoms with Crippen LogP contribution in [0.1, 0.15) is 42.1 Å². The molecule has 2 N–H and O–H groups in total. The number of carbonyl (C=O) groups is 2. The fourth-order valence-electron chi connectivity index (χ4n) is 3.42. The van der Waals surface area contributed by atoms with Gasteiger partial charge in [-0.15, -0.1) is 0 Å². The summed E-state index contributed by atoms with van der Waals surface area (Å²) in [5.74, 6) is -0.0260. The van der Waals surface area contributed by atoms with Crippen molar-refractivity contribution in [3.63, 3.8) is 0 Å². The Bertz CT molecular complexity index is 761. The minimum absolute atomic E-state index is 0.00329. The van der Waals surface area contributed by atoms with Gasteiger partial charge in [-0.1, -0.05) is 12.1 Å². The highest BCUT2D eigenvalue weighted by Gasteiger charge is 2.40. The standard InChI is InChI=1S/C17H23N3O4S/c1-2-25(23,24)19-10-12-3-5-13(6-4-12)17(22)20-14-7-8-15(20)11-18-16(21)9-14/h3-6,14-15,19H,2,7-11H2,1H3,(H,18,21). The highest BCUT2D eigenvalue weighted by Crippen LogP contribution is 2.29. The summed E-state index contributed by atoms with van der Waals surface area (Å²) in [6.45, 7) is 2.30. The van der Waals surface area contributed by atoms with E-state index in [1.807, 2.05) is 4.90 Å². The van der Waals surface area contributed by atoms with Crippen molar-refractivity contribution in [3.8, 4) is 0 Å². The van der Waals surface area contributed by atoms with E-state index in [0.717, 1.165) is 18.4 Å². The van der Waals surface area contributed by atoms with Crippen molar-refractivity contribution >= 4 is 21.8 Å². The van der Waals surface area contributed by atoms with Gasteiger partial charge in [-0.2, -0.15) is 0 Å². The summed E-state index contributed by atoms with van der Waals surface area (Å²) >= 11 is 0. The van der Waals surface area contributed by atoms with Gasteiger partial charge in [0.25, 0.3) is 5.91 Å². The summed E-state index contributed by atoms with van der Waals surface area (Å²) in [7, 11) is -3.24. The van der Waals surface area contributed by atoms with Crippen molar-refractivity contribution in [1.29, 1.82) is 0 Å². The number of hydrogen-bond donors (Lipinski definition) is 2. The van der Waals surface area contributed by atoms with Gasteiger partial charge in [0, 0.05) is 37.2 Å². The van der Waals surface area contributed by atoms with Crippen molar-refractivity contribution < 1.29 is 18.0 Å². The Morgan fingerprint density at radius 2 is 1.92 bits per heavy atom. The molecule has 3 rings (SSSR count). The van der Waals surface area contributed by atoms with Gasteiger partial charge in [-0.3, -0.25) is 9.59 Å². The molecule has 25 heavy (non-hydrogen) atoms. The lowest BCUT2D eigenvalue weighted by Crippen LogP contribution is -2.42. The third-order valence-electron chi connectivity index (χ3n) is 4.89. The fourth-order valence-corrected chi connectivity index (χ4v) is 4.01. The van der Waals surface area contributed by atoms with E-state index in [0.29, 0.717) is 18.5 Å². The molecule has 2 fully saturated rings. The quantitative estimate of drug-likeness (QED) is 0.800. The Morgan fingerprint density at radius 1 is 1.24 bits per heavy atom. The topological polar surface area (TPSA) is 95.6 Å². The van der Waals surface area contributed by atoms with Crippen molar-refractivity contribution in [3.05, 3.63) is 35.4 Å². The highest BCUT2D eigenvalue weighted by atomic mass is 32.2. The van der Waals surface area contributed by atoms with Crippen LogP contribution in [0.2, 0.25) is 0 Å². The monoisotopic (exact) mass is 365 g/mol. The molecule has 2 saturated heterocycles. The van der Waals surface area contributed by atoms with Gasteiger partial charge in [0.15, 0.2) is 0 Å². The summed E-state index contributed by atoms with van der Waals surface area (Å²) < 4.78 is 25.5. The molecule has 136 valence electrons. The van der Waals surface area contributed by atoms with Gasteiger partial charge >= 0.3 is 0 Å². The first-order valence-corrected chi connectivity index (χ1v) is 10.2. The average molecular weight is 365 g/mol. The van der Waals surface area contributed by atoms with E-state index in [9.17, 15) is 18.0 Å². The van der Waals surface area contributed by atoms with Gasteiger partial charge in [-0.05, 0) is 37.5 Å². The predicted molar refractivity (Wildman–Crippen MR) is 93.3 cm³/mol. The predicted octanol–water partition coefficient (Wildman–Crippen LogP) is 0.619. The maximum atomic E-state index is 12.9. The third kappa shape index (κ3) is 4.01. The largest absolute Gasteiger partial charge is 0.354 e. The zero-order chi connectivity index (χ0) is 18.0. The molecule has 2 heterocycles. The molecular weight excluding hydrogens is 342 g/mol. The van der Waals surface area contributed by atoms with Gasteiger partial charge in [0.1, 0.15) is 0 Å². The van der Waals surface area contributed by atoms with Crippen LogP contribution in [0, 0.1) is 0 Å². The molecule has 8 heteroatoms. The number of carbonyl (C=O) groups excluding carboxylic acids is 2. The summed E-state index contributed by atoms with van der Waals surface area (Å²) in [5, 5.41) is 2.86. The number of nitrogens with zero attached hydrogens (tertiary/aromatic N) is 1. The number of hydrogen-bond acceptors (Lipinski definition) is 4. The van der Waals surface area contributed by atoms with E-state index in [4.69, 9.17) is 0 Å². The smallest absolute Gasteiger partial charge is 0.254 e. The highest BCUT2D eigenvalue weighted by molar-refractivity contribution is 7.89. The first-order valence-electron chi connectivity index (χ1n) is 8.55. The lowest BCUT2D eigenvalue weighted by Gasteiger charge is -2.27. The Labute approximate surface area is 147 Å². The van der Waals surface area contributed by atoms with Crippen LogP contribution in [0.3, 0.4) is 0 Å². The molecule has 1 aromatic carbocycles. The summed E-state index contributed by atoms with van der Waals surface area (Å²) in [6.07, 6.45) is 2.13. The number of sulfonamides is 1. The minimum Gasteiger partial charge on any atom is -0.354 e. The van der Waals surface area contributed by atoms with Crippen molar-refractivity contribution in [2.75, 3.05) is 12.3 Å². The van der Waals surface area contributed by atoms with Crippen LogP contribution in [0.5, 0.6) is 0 Å². The number of benzene rings is 1. The molecule has 2 bridgehead atoms. The fraction of sp³-hybridized carbons (Fsp3) is 0.529. The molecule has 2 unspecified atom stereocenters. The Balaban J connectivity index is 1.70. The SMILES string of the molecule is CCS(=O)(=O)NCc1ccc(C(=O)N2C3CCC2CC(=O)NC3)cc1. The van der Waals surface area contributed by atoms with Crippen LogP contribution < -0.4 is 10.0 Å². The van der Waals surface area contributed by atoms with Gasteiger partial charge in [-0.25, -0.2) is 13.1 Å². The van der Waals surface area contributed by atoms with E-state index < -0.39 is 10.0 Å². The van der Waals surface area contributed by atoms with Crippen LogP contribution in [0.4, 0.5) is 0 Å². The maximum Gasteiger partial charge on any atom is 0.254 e. The van der Waals surface area contributed by atoms with Crippen LogP contribution in [0.25, 0.3) is 0 Å². The molecule has 2 aliphatic heterocycles. The zero-order valence-corrected chi connectivity index (χ0v) is 15.0.